The van der Waals surface area contributed by atoms with Gasteiger partial charge in [0.1, 0.15) is 0 Å². The maximum absolute atomic E-state index is 12.7. The predicted molar refractivity (Wildman–Crippen MR) is 70.7 cm³/mol. The number of likely N-dealkylation sites (N-methyl/N-ethyl adjacent to an activating group) is 1. The third kappa shape index (κ3) is 5.10. The number of rotatable bonds is 5. The van der Waals surface area contributed by atoms with Gasteiger partial charge in [-0.2, -0.15) is 13.2 Å². The summed E-state index contributed by atoms with van der Waals surface area (Å²) in [6, 6.07) is 4.40. The van der Waals surface area contributed by atoms with E-state index in [2.05, 4.69) is 4.72 Å². The number of nitrogens with zero attached hydrogens (tertiary/aromatic N) is 1. The van der Waals surface area contributed by atoms with Crippen molar-refractivity contribution in [1.29, 1.82) is 0 Å². The summed E-state index contributed by atoms with van der Waals surface area (Å²) in [5, 5.41) is 0. The summed E-state index contributed by atoms with van der Waals surface area (Å²) in [4.78, 5) is 1.66. The van der Waals surface area contributed by atoms with Gasteiger partial charge in [0.2, 0.25) is 10.0 Å². The van der Waals surface area contributed by atoms with E-state index in [9.17, 15) is 21.6 Å². The van der Waals surface area contributed by atoms with Crippen LogP contribution >= 0.6 is 0 Å². The van der Waals surface area contributed by atoms with Crippen molar-refractivity contribution in [1.82, 2.24) is 9.62 Å². The zero-order valence-corrected chi connectivity index (χ0v) is 12.2. The van der Waals surface area contributed by atoms with Gasteiger partial charge in [0.25, 0.3) is 0 Å². The Kier molecular flexibility index (Phi) is 5.17. The van der Waals surface area contributed by atoms with Crippen molar-refractivity contribution in [3.8, 4) is 0 Å². The van der Waals surface area contributed by atoms with Crippen molar-refractivity contribution in [2.45, 2.75) is 12.2 Å². The van der Waals surface area contributed by atoms with Gasteiger partial charge < -0.3 is 4.90 Å². The third-order valence-electron chi connectivity index (χ3n) is 2.76. The molecular formula is C12H17F3N2O2S. The van der Waals surface area contributed by atoms with Gasteiger partial charge in [-0.05, 0) is 31.8 Å². The molecule has 0 amide bonds. The van der Waals surface area contributed by atoms with Crippen molar-refractivity contribution < 1.29 is 21.6 Å². The summed E-state index contributed by atoms with van der Waals surface area (Å²) in [5.74, 6) is 0. The van der Waals surface area contributed by atoms with Crippen molar-refractivity contribution in [2.24, 2.45) is 0 Å². The second kappa shape index (κ2) is 6.11. The van der Waals surface area contributed by atoms with E-state index in [0.29, 0.717) is 5.56 Å². The van der Waals surface area contributed by atoms with Crippen molar-refractivity contribution in [3.63, 3.8) is 0 Å². The maximum atomic E-state index is 12.7. The lowest BCUT2D eigenvalue weighted by atomic mass is 10.0. The van der Waals surface area contributed by atoms with Crippen LogP contribution in [0.25, 0.3) is 0 Å². The minimum Gasteiger partial charge on any atom is -0.301 e. The molecule has 20 heavy (non-hydrogen) atoms. The van der Waals surface area contributed by atoms with Gasteiger partial charge in [-0.15, -0.1) is 0 Å². The molecule has 0 saturated heterocycles. The van der Waals surface area contributed by atoms with Crippen LogP contribution in [0.4, 0.5) is 13.2 Å². The van der Waals surface area contributed by atoms with Crippen molar-refractivity contribution in [3.05, 3.63) is 35.4 Å². The highest BCUT2D eigenvalue weighted by atomic mass is 32.2. The Hall–Kier alpha value is -1.12. The van der Waals surface area contributed by atoms with E-state index in [-0.39, 0.29) is 6.54 Å². The molecule has 1 rings (SSSR count). The van der Waals surface area contributed by atoms with Crippen LogP contribution in [-0.4, -0.2) is 40.2 Å². The van der Waals surface area contributed by atoms with Crippen LogP contribution in [0.1, 0.15) is 17.2 Å². The van der Waals surface area contributed by atoms with Crippen LogP contribution in [0, 0.1) is 0 Å². The van der Waals surface area contributed by atoms with Crippen LogP contribution in [0.5, 0.6) is 0 Å². The molecule has 0 aromatic heterocycles. The Bertz CT molecular complexity index is 556. The van der Waals surface area contributed by atoms with E-state index in [0.717, 1.165) is 18.4 Å². The number of hydrogen-bond acceptors (Lipinski definition) is 3. The first-order chi connectivity index (χ1) is 9.00. The number of hydrogen-bond donors (Lipinski definition) is 1. The summed E-state index contributed by atoms with van der Waals surface area (Å²) >= 11 is 0. The van der Waals surface area contributed by atoms with Gasteiger partial charge in [-0.3, -0.25) is 0 Å². The van der Waals surface area contributed by atoms with E-state index in [1.54, 1.807) is 25.1 Å². The van der Waals surface area contributed by atoms with Crippen LogP contribution in [0.2, 0.25) is 0 Å². The fraction of sp³-hybridized carbons (Fsp3) is 0.500. The lowest BCUT2D eigenvalue weighted by Crippen LogP contribution is -2.34. The molecule has 1 aromatic carbocycles. The Balaban J connectivity index is 3.04. The summed E-state index contributed by atoms with van der Waals surface area (Å²) in [6.45, 7) is 0.00709. The van der Waals surface area contributed by atoms with Crippen molar-refractivity contribution >= 4 is 10.0 Å². The number of benzene rings is 1. The van der Waals surface area contributed by atoms with Gasteiger partial charge in [-0.1, -0.05) is 12.1 Å². The first kappa shape index (κ1) is 16.9. The number of alkyl halides is 3. The normalized spacial score (nSPS) is 14.6. The Morgan fingerprint density at radius 3 is 2.35 bits per heavy atom. The summed E-state index contributed by atoms with van der Waals surface area (Å²) in [5.41, 5.74) is -0.345. The van der Waals surface area contributed by atoms with Gasteiger partial charge in [-0.25, -0.2) is 13.1 Å². The molecule has 0 spiro atoms. The summed E-state index contributed by atoms with van der Waals surface area (Å²) < 4.78 is 62.6. The van der Waals surface area contributed by atoms with Crippen molar-refractivity contribution in [2.75, 3.05) is 26.9 Å². The molecule has 1 N–H and O–H groups in total. The van der Waals surface area contributed by atoms with E-state index in [4.69, 9.17) is 0 Å². The molecule has 0 aliphatic rings. The molecule has 0 aliphatic heterocycles. The molecule has 0 unspecified atom stereocenters. The highest BCUT2D eigenvalue weighted by Gasteiger charge is 2.31. The Morgan fingerprint density at radius 2 is 1.90 bits per heavy atom. The highest BCUT2D eigenvalue weighted by Crippen LogP contribution is 2.31. The number of sulfonamides is 1. The van der Waals surface area contributed by atoms with Crippen LogP contribution in [0.15, 0.2) is 24.3 Å². The fourth-order valence-corrected chi connectivity index (χ4v) is 2.21. The molecule has 1 atom stereocenters. The minimum atomic E-state index is -4.42. The molecule has 8 heteroatoms. The molecule has 1 aromatic rings. The van der Waals surface area contributed by atoms with Crippen LogP contribution < -0.4 is 4.72 Å². The zero-order chi connectivity index (χ0) is 15.6. The molecule has 0 bridgehead atoms. The van der Waals surface area contributed by atoms with E-state index in [1.807, 2.05) is 0 Å². The molecular weight excluding hydrogens is 293 g/mol. The Morgan fingerprint density at radius 1 is 1.30 bits per heavy atom. The molecule has 0 radical (unpaired) electrons. The highest BCUT2D eigenvalue weighted by molar-refractivity contribution is 7.88. The smallest absolute Gasteiger partial charge is 0.301 e. The molecule has 4 nitrogen and oxygen atoms in total. The lowest BCUT2D eigenvalue weighted by Gasteiger charge is -2.25. The van der Waals surface area contributed by atoms with Gasteiger partial charge in [0.05, 0.1) is 11.8 Å². The van der Waals surface area contributed by atoms with Crippen LogP contribution in [0.3, 0.4) is 0 Å². The topological polar surface area (TPSA) is 49.4 Å². The van der Waals surface area contributed by atoms with E-state index >= 15 is 0 Å². The largest absolute Gasteiger partial charge is 0.416 e. The monoisotopic (exact) mass is 310 g/mol. The lowest BCUT2D eigenvalue weighted by molar-refractivity contribution is -0.137. The van der Waals surface area contributed by atoms with Gasteiger partial charge in [0, 0.05) is 12.6 Å². The number of halogens is 3. The second-order valence-corrected chi connectivity index (χ2v) is 6.56. The fourth-order valence-electron chi connectivity index (χ4n) is 1.75. The van der Waals surface area contributed by atoms with E-state index in [1.165, 1.54) is 6.07 Å². The SMILES string of the molecule is CN(C)[C@@H](CNS(C)(=O)=O)c1cccc(C(F)(F)F)c1. The minimum absolute atomic E-state index is 0.00709. The third-order valence-corrected chi connectivity index (χ3v) is 3.45. The standard InChI is InChI=1S/C12H17F3N2O2S/c1-17(2)11(8-16-20(3,18)19)9-5-4-6-10(7-9)12(13,14)15/h4-7,11,16H,8H2,1-3H3/t11-/m0/s1. The summed E-state index contributed by atoms with van der Waals surface area (Å²) in [7, 11) is -0.0472. The van der Waals surface area contributed by atoms with E-state index < -0.39 is 27.8 Å². The maximum Gasteiger partial charge on any atom is 0.416 e. The molecule has 0 aliphatic carbocycles. The molecule has 0 fully saturated rings. The Labute approximate surface area is 116 Å². The van der Waals surface area contributed by atoms with Gasteiger partial charge >= 0.3 is 6.18 Å². The first-order valence-corrected chi connectivity index (χ1v) is 7.68. The molecule has 0 heterocycles. The zero-order valence-electron chi connectivity index (χ0n) is 11.4. The average molecular weight is 310 g/mol. The number of nitrogens with one attached hydrogen (secondary N) is 1. The quantitative estimate of drug-likeness (QED) is 0.903. The van der Waals surface area contributed by atoms with Gasteiger partial charge in [0.15, 0.2) is 0 Å². The average Bonchev–Trinajstić information content (AvgIpc) is 2.26. The predicted octanol–water partition coefficient (Wildman–Crippen LogP) is 1.86. The molecule has 114 valence electrons. The van der Waals surface area contributed by atoms with Crippen LogP contribution in [-0.2, 0) is 16.2 Å². The first-order valence-electron chi connectivity index (χ1n) is 5.79. The molecule has 0 saturated carbocycles. The summed E-state index contributed by atoms with van der Waals surface area (Å²) in [6.07, 6.45) is -3.41. The second-order valence-electron chi connectivity index (χ2n) is 4.72.